The van der Waals surface area contributed by atoms with Gasteiger partial charge in [0, 0.05) is 6.20 Å². The molecule has 0 saturated carbocycles. The Kier molecular flexibility index (Phi) is 2.24. The van der Waals surface area contributed by atoms with Gasteiger partial charge in [-0.05, 0) is 23.7 Å². The van der Waals surface area contributed by atoms with E-state index in [-0.39, 0.29) is 11.1 Å². The Labute approximate surface area is 83.8 Å². The van der Waals surface area contributed by atoms with Crippen LogP contribution in [0.5, 0.6) is 0 Å². The van der Waals surface area contributed by atoms with E-state index in [1.165, 1.54) is 0 Å². The van der Waals surface area contributed by atoms with E-state index < -0.39 is 5.69 Å². The third-order valence-corrected chi connectivity index (χ3v) is 1.69. The molecule has 0 amide bonds. The van der Waals surface area contributed by atoms with Gasteiger partial charge in [-0.25, -0.2) is 4.79 Å². The fraction of sp³-hybridized carbons (Fsp3) is 0. The van der Waals surface area contributed by atoms with Crippen molar-refractivity contribution in [1.29, 1.82) is 0 Å². The average Bonchev–Trinajstić information content (AvgIpc) is 2.18. The van der Waals surface area contributed by atoms with Crippen LogP contribution in [0.1, 0.15) is 0 Å². The Morgan fingerprint density at radius 3 is 2.79 bits per heavy atom. The minimum Gasteiger partial charge on any atom is -0.280 e. The molecule has 2 aromatic rings. The molecule has 14 heavy (non-hydrogen) atoms. The number of hydrogen-bond donors (Lipinski definition) is 1. The molecule has 0 saturated heterocycles. The molecule has 70 valence electrons. The van der Waals surface area contributed by atoms with E-state index in [2.05, 4.69) is 19.9 Å². The molecule has 0 aliphatic heterocycles. The van der Waals surface area contributed by atoms with Gasteiger partial charge in [-0.3, -0.25) is 9.97 Å². The predicted octanol–water partition coefficient (Wildman–Crippen LogP) is 0.880. The molecule has 2 aromatic heterocycles. The topological polar surface area (TPSA) is 71.5 Å². The second-order valence-electron chi connectivity index (χ2n) is 2.48. The lowest BCUT2D eigenvalue weighted by molar-refractivity contribution is 0.986. The fourth-order valence-corrected chi connectivity index (χ4v) is 1.13. The Hall–Kier alpha value is -1.75. The highest BCUT2D eigenvalue weighted by Gasteiger charge is 2.03. The van der Waals surface area contributed by atoms with E-state index in [9.17, 15) is 4.79 Å². The summed E-state index contributed by atoms with van der Waals surface area (Å²) >= 11 is 5.57. The van der Waals surface area contributed by atoms with Crippen LogP contribution in [-0.2, 0) is 0 Å². The Bertz CT molecular complexity index is 496. The first kappa shape index (κ1) is 8.83. The summed E-state index contributed by atoms with van der Waals surface area (Å²) in [5.74, 6) is 0.222. The summed E-state index contributed by atoms with van der Waals surface area (Å²) in [5.41, 5.74) is -0.0221. The standard InChI is InChI=1S/C8H5ClN4O/c9-7-11-6(12-8(14)13-7)5-3-1-2-4-10-5/h1-4H,(H,11,12,13,14). The lowest BCUT2D eigenvalue weighted by atomic mass is 10.3. The maximum atomic E-state index is 11.0. The van der Waals surface area contributed by atoms with Crippen molar-refractivity contribution in [2.75, 3.05) is 0 Å². The molecule has 0 radical (unpaired) electrons. The van der Waals surface area contributed by atoms with E-state index >= 15 is 0 Å². The third kappa shape index (κ3) is 1.77. The maximum absolute atomic E-state index is 11.0. The minimum absolute atomic E-state index is 0.00523. The molecular weight excluding hydrogens is 204 g/mol. The molecule has 0 aliphatic rings. The Morgan fingerprint density at radius 2 is 2.14 bits per heavy atom. The first-order valence-corrected chi connectivity index (χ1v) is 4.19. The normalized spacial score (nSPS) is 10.1. The monoisotopic (exact) mass is 208 g/mol. The molecule has 0 spiro atoms. The number of nitrogens with one attached hydrogen (secondary N) is 1. The average molecular weight is 209 g/mol. The number of pyridine rings is 1. The van der Waals surface area contributed by atoms with Crippen LogP contribution in [0, 0.1) is 0 Å². The lowest BCUT2D eigenvalue weighted by Crippen LogP contribution is -2.13. The van der Waals surface area contributed by atoms with Crippen LogP contribution in [0.4, 0.5) is 0 Å². The van der Waals surface area contributed by atoms with Crippen LogP contribution in [0.3, 0.4) is 0 Å². The van der Waals surface area contributed by atoms with Gasteiger partial charge in [0.05, 0.1) is 0 Å². The zero-order valence-corrected chi connectivity index (χ0v) is 7.69. The Balaban J connectivity index is 2.58. The fourth-order valence-electron chi connectivity index (χ4n) is 0.968. The molecule has 0 unspecified atom stereocenters. The molecule has 0 aromatic carbocycles. The summed E-state index contributed by atoms with van der Waals surface area (Å²) in [6.07, 6.45) is 1.59. The van der Waals surface area contributed by atoms with Crippen molar-refractivity contribution in [3.8, 4) is 11.5 Å². The van der Waals surface area contributed by atoms with Crippen molar-refractivity contribution in [2.24, 2.45) is 0 Å². The van der Waals surface area contributed by atoms with Gasteiger partial charge in [0.15, 0.2) is 5.82 Å². The zero-order valence-electron chi connectivity index (χ0n) is 6.94. The van der Waals surface area contributed by atoms with Crippen molar-refractivity contribution in [2.45, 2.75) is 0 Å². The van der Waals surface area contributed by atoms with Crippen LogP contribution < -0.4 is 5.69 Å². The number of nitrogens with zero attached hydrogens (tertiary/aromatic N) is 3. The first-order chi connectivity index (χ1) is 6.75. The van der Waals surface area contributed by atoms with E-state index in [0.29, 0.717) is 5.69 Å². The second kappa shape index (κ2) is 3.55. The summed E-state index contributed by atoms with van der Waals surface area (Å²) in [7, 11) is 0. The van der Waals surface area contributed by atoms with Crippen molar-refractivity contribution in [3.63, 3.8) is 0 Å². The SMILES string of the molecule is O=c1nc(-c2ccccn2)nc(Cl)[nH]1. The molecule has 0 fully saturated rings. The van der Waals surface area contributed by atoms with Gasteiger partial charge in [0.25, 0.3) is 0 Å². The van der Waals surface area contributed by atoms with E-state index in [0.717, 1.165) is 0 Å². The zero-order chi connectivity index (χ0) is 9.97. The number of aromatic nitrogens is 4. The van der Waals surface area contributed by atoms with Crippen LogP contribution in [0.15, 0.2) is 29.2 Å². The van der Waals surface area contributed by atoms with Crippen LogP contribution >= 0.6 is 11.6 Å². The van der Waals surface area contributed by atoms with Crippen molar-refractivity contribution in [1.82, 2.24) is 19.9 Å². The van der Waals surface area contributed by atoms with Crippen molar-refractivity contribution in [3.05, 3.63) is 40.2 Å². The van der Waals surface area contributed by atoms with Gasteiger partial charge in [-0.2, -0.15) is 9.97 Å². The number of halogens is 1. The van der Waals surface area contributed by atoms with Crippen LogP contribution in [0.2, 0.25) is 5.28 Å². The smallest absolute Gasteiger partial charge is 0.280 e. The molecule has 0 bridgehead atoms. The van der Waals surface area contributed by atoms with Gasteiger partial charge in [-0.1, -0.05) is 6.07 Å². The number of hydrogen-bond acceptors (Lipinski definition) is 4. The molecule has 2 rings (SSSR count). The van der Waals surface area contributed by atoms with Crippen LogP contribution in [0.25, 0.3) is 11.5 Å². The molecule has 1 N–H and O–H groups in total. The van der Waals surface area contributed by atoms with E-state index in [1.54, 1.807) is 24.4 Å². The second-order valence-corrected chi connectivity index (χ2v) is 2.84. The quantitative estimate of drug-likeness (QED) is 0.755. The third-order valence-electron chi connectivity index (χ3n) is 1.52. The predicted molar refractivity (Wildman–Crippen MR) is 50.9 cm³/mol. The van der Waals surface area contributed by atoms with Gasteiger partial charge >= 0.3 is 5.69 Å². The first-order valence-electron chi connectivity index (χ1n) is 3.81. The lowest BCUT2D eigenvalue weighted by Gasteiger charge is -1.96. The molecule has 0 atom stereocenters. The largest absolute Gasteiger partial charge is 0.349 e. The van der Waals surface area contributed by atoms with Gasteiger partial charge in [0.2, 0.25) is 5.28 Å². The molecule has 2 heterocycles. The summed E-state index contributed by atoms with van der Waals surface area (Å²) < 4.78 is 0. The van der Waals surface area contributed by atoms with E-state index in [1.807, 2.05) is 0 Å². The highest BCUT2D eigenvalue weighted by molar-refractivity contribution is 6.28. The van der Waals surface area contributed by atoms with Crippen LogP contribution in [-0.4, -0.2) is 19.9 Å². The van der Waals surface area contributed by atoms with E-state index in [4.69, 9.17) is 11.6 Å². The summed E-state index contributed by atoms with van der Waals surface area (Å²) in [5, 5.41) is 0.00523. The van der Waals surface area contributed by atoms with Gasteiger partial charge < -0.3 is 0 Å². The van der Waals surface area contributed by atoms with Crippen molar-refractivity contribution >= 4 is 11.6 Å². The summed E-state index contributed by atoms with van der Waals surface area (Å²) in [6, 6.07) is 5.24. The molecular formula is C8H5ClN4O. The van der Waals surface area contributed by atoms with Gasteiger partial charge in [-0.15, -0.1) is 0 Å². The summed E-state index contributed by atoms with van der Waals surface area (Å²) in [4.78, 5) is 24.7. The molecule has 5 nitrogen and oxygen atoms in total. The van der Waals surface area contributed by atoms with Crippen molar-refractivity contribution < 1.29 is 0 Å². The highest BCUT2D eigenvalue weighted by Crippen LogP contribution is 2.09. The number of rotatable bonds is 1. The Morgan fingerprint density at radius 1 is 1.29 bits per heavy atom. The minimum atomic E-state index is -0.536. The maximum Gasteiger partial charge on any atom is 0.349 e. The number of H-pyrrole nitrogens is 1. The van der Waals surface area contributed by atoms with Gasteiger partial charge in [0.1, 0.15) is 5.69 Å². The number of aromatic amines is 1. The summed E-state index contributed by atoms with van der Waals surface area (Å²) in [6.45, 7) is 0. The molecule has 6 heteroatoms. The highest BCUT2D eigenvalue weighted by atomic mass is 35.5. The molecule has 0 aliphatic carbocycles.